The van der Waals surface area contributed by atoms with Gasteiger partial charge in [0.05, 0.1) is 14.2 Å². The van der Waals surface area contributed by atoms with E-state index >= 15 is 0 Å². The predicted octanol–water partition coefficient (Wildman–Crippen LogP) is 3.95. The summed E-state index contributed by atoms with van der Waals surface area (Å²) in [6.45, 7) is 9.41. The van der Waals surface area contributed by atoms with Gasteiger partial charge in [0, 0.05) is 30.4 Å². The van der Waals surface area contributed by atoms with Gasteiger partial charge in [-0.15, -0.1) is 0 Å². The molecule has 33 heavy (non-hydrogen) atoms. The molecule has 0 aromatic heterocycles. The molecule has 6 atom stereocenters. The van der Waals surface area contributed by atoms with Gasteiger partial charge in [-0.25, -0.2) is 4.79 Å². The largest absolute Gasteiger partial charge is 0.468 e. The Morgan fingerprint density at radius 2 is 1.61 bits per heavy atom. The molecule has 182 valence electrons. The SMILES string of the molecule is COC(=O)C=CC(C)=C1C(=O)CC2C1(C)CCC1C2(C)CCC(OC(C)=O)C1(C)C(=O)OC. The summed E-state index contributed by atoms with van der Waals surface area (Å²) in [4.78, 5) is 49.8. The Bertz CT molecular complexity index is 931. The zero-order chi connectivity index (χ0) is 24.8. The fraction of sp³-hybridized carbons (Fsp3) is 0.692. The number of allylic oxidation sites excluding steroid dienone is 3. The quantitative estimate of drug-likeness (QED) is 0.356. The molecule has 0 aromatic carbocycles. The fourth-order valence-corrected chi connectivity index (χ4v) is 7.47. The molecule has 7 nitrogen and oxygen atoms in total. The number of Topliss-reactive ketones (excluding diaryl/α,β-unsaturated/α-hetero) is 1. The summed E-state index contributed by atoms with van der Waals surface area (Å²) < 4.78 is 15.5. The highest BCUT2D eigenvalue weighted by molar-refractivity contribution is 6.01. The van der Waals surface area contributed by atoms with Crippen molar-refractivity contribution in [1.29, 1.82) is 0 Å². The number of ether oxygens (including phenoxy) is 3. The van der Waals surface area contributed by atoms with Crippen LogP contribution in [-0.4, -0.2) is 44.0 Å². The second kappa shape index (κ2) is 8.73. The highest BCUT2D eigenvalue weighted by Gasteiger charge is 2.68. The van der Waals surface area contributed by atoms with Gasteiger partial charge >= 0.3 is 17.9 Å². The molecule has 0 aromatic rings. The zero-order valence-corrected chi connectivity index (χ0v) is 20.8. The maximum absolute atomic E-state index is 13.3. The lowest BCUT2D eigenvalue weighted by molar-refractivity contribution is -0.206. The van der Waals surface area contributed by atoms with Gasteiger partial charge in [0.1, 0.15) is 11.5 Å². The van der Waals surface area contributed by atoms with Crippen molar-refractivity contribution in [1.82, 2.24) is 0 Å². The number of fused-ring (bicyclic) bond motifs is 3. The molecule has 0 saturated heterocycles. The van der Waals surface area contributed by atoms with Crippen LogP contribution >= 0.6 is 0 Å². The third kappa shape index (κ3) is 3.83. The number of hydrogen-bond donors (Lipinski definition) is 0. The summed E-state index contributed by atoms with van der Waals surface area (Å²) in [6, 6.07) is 0. The van der Waals surface area contributed by atoms with Gasteiger partial charge < -0.3 is 14.2 Å². The van der Waals surface area contributed by atoms with Crippen molar-refractivity contribution >= 4 is 23.7 Å². The maximum Gasteiger partial charge on any atom is 0.330 e. The van der Waals surface area contributed by atoms with E-state index in [0.29, 0.717) is 19.3 Å². The summed E-state index contributed by atoms with van der Waals surface area (Å²) in [5.74, 6) is -1.20. The van der Waals surface area contributed by atoms with E-state index in [4.69, 9.17) is 9.47 Å². The van der Waals surface area contributed by atoms with Gasteiger partial charge in [-0.2, -0.15) is 0 Å². The average molecular weight is 461 g/mol. The molecular weight excluding hydrogens is 424 g/mol. The Kier molecular flexibility index (Phi) is 6.66. The minimum atomic E-state index is -0.982. The van der Waals surface area contributed by atoms with E-state index in [1.54, 1.807) is 6.08 Å². The number of methoxy groups -OCH3 is 2. The summed E-state index contributed by atoms with van der Waals surface area (Å²) in [5, 5.41) is 0. The van der Waals surface area contributed by atoms with Crippen LogP contribution < -0.4 is 0 Å². The number of hydrogen-bond acceptors (Lipinski definition) is 7. The van der Waals surface area contributed by atoms with Crippen molar-refractivity contribution in [2.45, 2.75) is 72.8 Å². The van der Waals surface area contributed by atoms with Crippen molar-refractivity contribution in [3.8, 4) is 0 Å². The number of carbonyl (C=O) groups excluding carboxylic acids is 4. The van der Waals surface area contributed by atoms with Crippen molar-refractivity contribution in [3.63, 3.8) is 0 Å². The molecule has 0 radical (unpaired) electrons. The highest BCUT2D eigenvalue weighted by Crippen LogP contribution is 2.69. The van der Waals surface area contributed by atoms with Crippen LogP contribution in [0, 0.1) is 28.1 Å². The molecule has 3 fully saturated rings. The third-order valence-corrected chi connectivity index (χ3v) is 8.89. The molecule has 0 spiro atoms. The number of ketones is 1. The molecule has 0 amide bonds. The first-order chi connectivity index (χ1) is 15.4. The van der Waals surface area contributed by atoms with E-state index in [2.05, 4.69) is 18.6 Å². The van der Waals surface area contributed by atoms with Crippen LogP contribution in [0.3, 0.4) is 0 Å². The van der Waals surface area contributed by atoms with Crippen molar-refractivity contribution in [3.05, 3.63) is 23.3 Å². The first-order valence-electron chi connectivity index (χ1n) is 11.6. The van der Waals surface area contributed by atoms with Gasteiger partial charge in [0.15, 0.2) is 5.78 Å². The Morgan fingerprint density at radius 1 is 0.939 bits per heavy atom. The van der Waals surface area contributed by atoms with E-state index in [1.165, 1.54) is 27.2 Å². The summed E-state index contributed by atoms with van der Waals surface area (Å²) in [6.07, 6.45) is 5.58. The Morgan fingerprint density at radius 3 is 2.18 bits per heavy atom. The normalized spacial score (nSPS) is 39.5. The van der Waals surface area contributed by atoms with Gasteiger partial charge in [0.25, 0.3) is 0 Å². The molecule has 6 unspecified atom stereocenters. The Balaban J connectivity index is 2.06. The fourth-order valence-electron chi connectivity index (χ4n) is 7.47. The van der Waals surface area contributed by atoms with E-state index in [0.717, 1.165) is 24.0 Å². The highest BCUT2D eigenvalue weighted by atomic mass is 16.6. The molecule has 7 heteroatoms. The van der Waals surface area contributed by atoms with E-state index < -0.39 is 23.5 Å². The summed E-state index contributed by atoms with van der Waals surface area (Å²) in [7, 11) is 2.69. The lowest BCUT2D eigenvalue weighted by Gasteiger charge is -2.61. The van der Waals surface area contributed by atoms with Crippen LogP contribution in [0.15, 0.2) is 23.3 Å². The van der Waals surface area contributed by atoms with Crippen LogP contribution in [0.1, 0.15) is 66.7 Å². The lowest BCUT2D eigenvalue weighted by Crippen LogP contribution is -2.62. The third-order valence-electron chi connectivity index (χ3n) is 8.89. The first-order valence-corrected chi connectivity index (χ1v) is 11.6. The summed E-state index contributed by atoms with van der Waals surface area (Å²) >= 11 is 0. The molecule has 3 saturated carbocycles. The standard InChI is InChI=1S/C26H36O7/c1-15(8-9-21(29)31-6)22-17(28)14-19-24(3)13-11-20(33-16(2)27)26(5,23(30)32-7)18(24)10-12-25(19,22)4/h8-9,18-20H,10-14H2,1-7H3. The molecule has 0 heterocycles. The maximum atomic E-state index is 13.3. The van der Waals surface area contributed by atoms with Crippen LogP contribution in [0.4, 0.5) is 0 Å². The van der Waals surface area contributed by atoms with Gasteiger partial charge in [-0.05, 0) is 62.4 Å². The molecule has 3 rings (SSSR count). The molecular formula is C26H36O7. The lowest BCUT2D eigenvalue weighted by atomic mass is 9.42. The van der Waals surface area contributed by atoms with Gasteiger partial charge in [-0.1, -0.05) is 19.9 Å². The first kappa shape index (κ1) is 25.2. The minimum absolute atomic E-state index is 0.0370. The van der Waals surface area contributed by atoms with E-state index in [-0.39, 0.29) is 34.4 Å². The van der Waals surface area contributed by atoms with Crippen molar-refractivity contribution in [2.24, 2.45) is 28.1 Å². The minimum Gasteiger partial charge on any atom is -0.468 e. The summed E-state index contributed by atoms with van der Waals surface area (Å²) in [5.41, 5.74) is -0.102. The Labute approximate surface area is 195 Å². The topological polar surface area (TPSA) is 96.0 Å². The Hall–Kier alpha value is -2.44. The molecule has 3 aliphatic rings. The molecule has 0 N–H and O–H groups in total. The zero-order valence-electron chi connectivity index (χ0n) is 20.8. The average Bonchev–Trinajstić information content (AvgIpc) is 3.04. The number of rotatable bonds is 4. The molecule has 3 aliphatic carbocycles. The second-order valence-electron chi connectivity index (χ2n) is 10.5. The number of carbonyl (C=O) groups is 4. The smallest absolute Gasteiger partial charge is 0.330 e. The number of esters is 3. The van der Waals surface area contributed by atoms with E-state index in [9.17, 15) is 19.2 Å². The van der Waals surface area contributed by atoms with E-state index in [1.807, 2.05) is 13.8 Å². The molecule has 0 aliphatic heterocycles. The van der Waals surface area contributed by atoms with Gasteiger partial charge in [-0.3, -0.25) is 14.4 Å². The van der Waals surface area contributed by atoms with Crippen LogP contribution in [-0.2, 0) is 33.4 Å². The predicted molar refractivity (Wildman–Crippen MR) is 121 cm³/mol. The van der Waals surface area contributed by atoms with Crippen LogP contribution in [0.5, 0.6) is 0 Å². The van der Waals surface area contributed by atoms with Crippen molar-refractivity contribution < 1.29 is 33.4 Å². The second-order valence-corrected chi connectivity index (χ2v) is 10.5. The van der Waals surface area contributed by atoms with Crippen LogP contribution in [0.2, 0.25) is 0 Å². The van der Waals surface area contributed by atoms with Crippen molar-refractivity contribution in [2.75, 3.05) is 14.2 Å². The monoisotopic (exact) mass is 460 g/mol. The van der Waals surface area contributed by atoms with Crippen LogP contribution in [0.25, 0.3) is 0 Å². The molecule has 0 bridgehead atoms. The van der Waals surface area contributed by atoms with Gasteiger partial charge in [0.2, 0.25) is 0 Å².